The molecule has 2 N–H and O–H groups in total. The van der Waals surface area contributed by atoms with Crippen molar-refractivity contribution < 1.29 is 4.74 Å². The van der Waals surface area contributed by atoms with Gasteiger partial charge in [0.25, 0.3) is 0 Å². The molecular formula is C11H18BrN3O. The minimum absolute atomic E-state index is 0.746. The van der Waals surface area contributed by atoms with Gasteiger partial charge in [-0.15, -0.1) is 0 Å². The Hall–Kier alpha value is -0.650. The second-order valence-corrected chi connectivity index (χ2v) is 4.40. The molecule has 0 saturated heterocycles. The number of halogens is 1. The number of hydrogen-bond donors (Lipinski definition) is 2. The molecule has 0 spiro atoms. The predicted molar refractivity (Wildman–Crippen MR) is 69.9 cm³/mol. The normalized spacial score (nSPS) is 10.4. The van der Waals surface area contributed by atoms with Crippen LogP contribution in [-0.4, -0.2) is 38.3 Å². The largest absolute Gasteiger partial charge is 0.383 e. The van der Waals surface area contributed by atoms with E-state index in [1.165, 1.54) is 0 Å². The molecule has 0 aliphatic heterocycles. The summed E-state index contributed by atoms with van der Waals surface area (Å²) in [5.74, 6) is 0.941. The average molecular weight is 288 g/mol. The first-order valence-electron chi connectivity index (χ1n) is 5.29. The molecule has 0 radical (unpaired) electrons. The van der Waals surface area contributed by atoms with Crippen molar-refractivity contribution in [1.82, 2.24) is 10.3 Å². The smallest absolute Gasteiger partial charge is 0.128 e. The maximum Gasteiger partial charge on any atom is 0.128 e. The standard InChI is InChI=1S/C11H18BrN3O/c1-9-7-10(12)8-15-11(9)14-4-3-13-5-6-16-2/h7-8,13H,3-6H2,1-2H3,(H,14,15). The Bertz CT molecular complexity index is 320. The van der Waals surface area contributed by atoms with Gasteiger partial charge in [-0.1, -0.05) is 0 Å². The Morgan fingerprint density at radius 3 is 2.88 bits per heavy atom. The van der Waals surface area contributed by atoms with Crippen LogP contribution in [0.4, 0.5) is 5.82 Å². The lowest BCUT2D eigenvalue weighted by atomic mass is 10.3. The molecule has 0 aliphatic rings. The van der Waals surface area contributed by atoms with E-state index in [9.17, 15) is 0 Å². The lowest BCUT2D eigenvalue weighted by Gasteiger charge is -2.09. The van der Waals surface area contributed by atoms with E-state index < -0.39 is 0 Å². The Labute approximate surface area is 105 Å². The predicted octanol–water partition coefficient (Wildman–Crippen LogP) is 1.80. The van der Waals surface area contributed by atoms with Gasteiger partial charge < -0.3 is 15.4 Å². The van der Waals surface area contributed by atoms with Gasteiger partial charge in [-0.25, -0.2) is 4.98 Å². The minimum Gasteiger partial charge on any atom is -0.383 e. The molecule has 0 saturated carbocycles. The van der Waals surface area contributed by atoms with E-state index in [2.05, 4.69) is 31.5 Å². The number of methoxy groups -OCH3 is 1. The first kappa shape index (κ1) is 13.4. The molecule has 1 aromatic heterocycles. The van der Waals surface area contributed by atoms with E-state index in [1.54, 1.807) is 13.3 Å². The number of aryl methyl sites for hydroxylation is 1. The fourth-order valence-corrected chi connectivity index (χ4v) is 1.74. The Kier molecular flexibility index (Phi) is 6.37. The third-order valence-electron chi connectivity index (χ3n) is 2.12. The van der Waals surface area contributed by atoms with Crippen LogP contribution in [0.15, 0.2) is 16.7 Å². The van der Waals surface area contributed by atoms with Gasteiger partial charge >= 0.3 is 0 Å². The topological polar surface area (TPSA) is 46.2 Å². The van der Waals surface area contributed by atoms with Crippen LogP contribution in [0.3, 0.4) is 0 Å². The van der Waals surface area contributed by atoms with Gasteiger partial charge in [-0.2, -0.15) is 0 Å². The summed E-state index contributed by atoms with van der Waals surface area (Å²) in [6.07, 6.45) is 1.80. The van der Waals surface area contributed by atoms with E-state index >= 15 is 0 Å². The lowest BCUT2D eigenvalue weighted by Crippen LogP contribution is -2.25. The number of rotatable bonds is 7. The summed E-state index contributed by atoms with van der Waals surface area (Å²) in [6, 6.07) is 2.05. The number of aromatic nitrogens is 1. The Morgan fingerprint density at radius 1 is 1.38 bits per heavy atom. The fraction of sp³-hybridized carbons (Fsp3) is 0.545. The molecule has 1 heterocycles. The zero-order valence-electron chi connectivity index (χ0n) is 9.72. The zero-order chi connectivity index (χ0) is 11.8. The molecular weight excluding hydrogens is 270 g/mol. The lowest BCUT2D eigenvalue weighted by molar-refractivity contribution is 0.200. The summed E-state index contributed by atoms with van der Waals surface area (Å²) < 4.78 is 5.95. The highest BCUT2D eigenvalue weighted by molar-refractivity contribution is 9.10. The molecule has 0 aliphatic carbocycles. The maximum atomic E-state index is 4.94. The van der Waals surface area contributed by atoms with Crippen molar-refractivity contribution in [1.29, 1.82) is 0 Å². The summed E-state index contributed by atoms with van der Waals surface area (Å²) in [4.78, 5) is 4.30. The SMILES string of the molecule is COCCNCCNc1ncc(Br)cc1C. The number of ether oxygens (including phenoxy) is 1. The highest BCUT2D eigenvalue weighted by Crippen LogP contribution is 2.16. The van der Waals surface area contributed by atoms with Gasteiger partial charge in [0, 0.05) is 37.4 Å². The summed E-state index contributed by atoms with van der Waals surface area (Å²) in [5.41, 5.74) is 1.14. The van der Waals surface area contributed by atoms with Crippen LogP contribution in [0.1, 0.15) is 5.56 Å². The summed E-state index contributed by atoms with van der Waals surface area (Å²) in [5, 5.41) is 6.54. The summed E-state index contributed by atoms with van der Waals surface area (Å²) >= 11 is 3.39. The van der Waals surface area contributed by atoms with E-state index in [4.69, 9.17) is 4.74 Å². The van der Waals surface area contributed by atoms with Crippen LogP contribution < -0.4 is 10.6 Å². The molecule has 1 aromatic rings. The van der Waals surface area contributed by atoms with Crippen molar-refractivity contribution in [3.63, 3.8) is 0 Å². The van der Waals surface area contributed by atoms with Gasteiger partial charge in [-0.3, -0.25) is 0 Å². The maximum absolute atomic E-state index is 4.94. The minimum atomic E-state index is 0.746. The number of nitrogens with one attached hydrogen (secondary N) is 2. The summed E-state index contributed by atoms with van der Waals surface area (Å²) in [6.45, 7) is 5.43. The zero-order valence-corrected chi connectivity index (χ0v) is 11.3. The van der Waals surface area contributed by atoms with Crippen molar-refractivity contribution >= 4 is 21.7 Å². The van der Waals surface area contributed by atoms with Crippen LogP contribution in [0.2, 0.25) is 0 Å². The number of nitrogens with zero attached hydrogens (tertiary/aromatic N) is 1. The monoisotopic (exact) mass is 287 g/mol. The van der Waals surface area contributed by atoms with Crippen molar-refractivity contribution in [3.8, 4) is 0 Å². The number of hydrogen-bond acceptors (Lipinski definition) is 4. The molecule has 4 nitrogen and oxygen atoms in total. The van der Waals surface area contributed by atoms with Crippen LogP contribution in [0.25, 0.3) is 0 Å². The number of pyridine rings is 1. The third kappa shape index (κ3) is 4.92. The molecule has 0 amide bonds. The molecule has 0 bridgehead atoms. The molecule has 0 atom stereocenters. The second kappa shape index (κ2) is 7.60. The molecule has 0 aromatic carbocycles. The van der Waals surface area contributed by atoms with E-state index in [0.29, 0.717) is 0 Å². The molecule has 0 fully saturated rings. The van der Waals surface area contributed by atoms with Gasteiger partial charge in [0.1, 0.15) is 5.82 Å². The van der Waals surface area contributed by atoms with Gasteiger partial charge in [0.15, 0.2) is 0 Å². The van der Waals surface area contributed by atoms with E-state index in [0.717, 1.165) is 42.1 Å². The Morgan fingerprint density at radius 2 is 2.19 bits per heavy atom. The van der Waals surface area contributed by atoms with Gasteiger partial charge in [0.2, 0.25) is 0 Å². The highest BCUT2D eigenvalue weighted by Gasteiger charge is 1.98. The fourth-order valence-electron chi connectivity index (χ4n) is 1.29. The molecule has 1 rings (SSSR count). The second-order valence-electron chi connectivity index (χ2n) is 3.49. The quantitative estimate of drug-likeness (QED) is 0.751. The highest BCUT2D eigenvalue weighted by atomic mass is 79.9. The molecule has 5 heteroatoms. The van der Waals surface area contributed by atoms with Crippen LogP contribution >= 0.6 is 15.9 Å². The first-order valence-corrected chi connectivity index (χ1v) is 6.09. The van der Waals surface area contributed by atoms with E-state index in [1.807, 2.05) is 13.0 Å². The van der Waals surface area contributed by atoms with Crippen molar-refractivity contribution in [2.75, 3.05) is 38.7 Å². The van der Waals surface area contributed by atoms with Crippen molar-refractivity contribution in [2.24, 2.45) is 0 Å². The van der Waals surface area contributed by atoms with E-state index in [-0.39, 0.29) is 0 Å². The number of anilines is 1. The third-order valence-corrected chi connectivity index (χ3v) is 2.56. The van der Waals surface area contributed by atoms with Crippen molar-refractivity contribution in [2.45, 2.75) is 6.92 Å². The van der Waals surface area contributed by atoms with Crippen LogP contribution in [0.5, 0.6) is 0 Å². The molecule has 0 unspecified atom stereocenters. The first-order chi connectivity index (χ1) is 7.74. The van der Waals surface area contributed by atoms with Crippen LogP contribution in [-0.2, 0) is 4.74 Å². The van der Waals surface area contributed by atoms with Crippen molar-refractivity contribution in [3.05, 3.63) is 22.3 Å². The summed E-state index contributed by atoms with van der Waals surface area (Å²) in [7, 11) is 1.70. The van der Waals surface area contributed by atoms with Gasteiger partial charge in [0.05, 0.1) is 6.61 Å². The van der Waals surface area contributed by atoms with Gasteiger partial charge in [-0.05, 0) is 34.5 Å². The molecule has 16 heavy (non-hydrogen) atoms. The average Bonchev–Trinajstić information content (AvgIpc) is 2.26. The molecule has 90 valence electrons. The Balaban J connectivity index is 2.21. The van der Waals surface area contributed by atoms with Crippen LogP contribution in [0, 0.1) is 6.92 Å².